The molecule has 1 aromatic carbocycles. The highest BCUT2D eigenvalue weighted by Crippen LogP contribution is 2.24. The van der Waals surface area contributed by atoms with Gasteiger partial charge in [-0.25, -0.2) is 4.68 Å². The molecule has 26 heavy (non-hydrogen) atoms. The molecule has 0 fully saturated rings. The summed E-state index contributed by atoms with van der Waals surface area (Å²) in [7, 11) is 3.19. The molecule has 3 rings (SSSR count). The van der Waals surface area contributed by atoms with E-state index in [0.717, 1.165) is 10.9 Å². The lowest BCUT2D eigenvalue weighted by atomic mass is 10.1. The maximum absolute atomic E-state index is 12.3. The second-order valence-electron chi connectivity index (χ2n) is 5.59. The van der Waals surface area contributed by atoms with E-state index in [1.54, 1.807) is 26.5 Å². The van der Waals surface area contributed by atoms with Gasteiger partial charge in [-0.2, -0.15) is 5.10 Å². The number of carbonyl (C=O) groups is 1. The molecule has 0 atom stereocenters. The van der Waals surface area contributed by atoms with Crippen LogP contribution in [0.5, 0.6) is 11.5 Å². The molecule has 0 aliphatic heterocycles. The number of benzene rings is 1. The van der Waals surface area contributed by atoms with E-state index in [4.69, 9.17) is 9.47 Å². The zero-order valence-electron chi connectivity index (χ0n) is 14.5. The highest BCUT2D eigenvalue weighted by molar-refractivity contribution is 7.17. The van der Waals surface area contributed by atoms with Crippen molar-refractivity contribution in [2.45, 2.75) is 13.0 Å². The normalized spacial score (nSPS) is 10.7. The molecule has 0 saturated heterocycles. The van der Waals surface area contributed by atoms with E-state index in [1.165, 1.54) is 16.0 Å². The van der Waals surface area contributed by atoms with Gasteiger partial charge in [-0.3, -0.25) is 9.59 Å². The van der Waals surface area contributed by atoms with Gasteiger partial charge in [0, 0.05) is 18.0 Å². The quantitative estimate of drug-likeness (QED) is 0.683. The van der Waals surface area contributed by atoms with Crippen LogP contribution in [0, 0.1) is 0 Å². The number of thiophene rings is 1. The number of nitrogens with one attached hydrogen (secondary N) is 1. The monoisotopic (exact) mass is 373 g/mol. The van der Waals surface area contributed by atoms with Crippen LogP contribution in [0.15, 0.2) is 40.6 Å². The smallest absolute Gasteiger partial charge is 0.285 e. The standard InChI is InChI=1S/C18H19N3O4S/c1-24-14-4-3-12(15(9-14)25-2)5-7-19-16(22)11-21-18(23)17-13(10-20-21)6-8-26-17/h3-4,6,8-10H,5,7,11H2,1-2H3,(H,19,22). The molecule has 0 spiro atoms. The van der Waals surface area contributed by atoms with Gasteiger partial charge in [0.05, 0.1) is 20.4 Å². The van der Waals surface area contributed by atoms with Crippen molar-refractivity contribution in [1.82, 2.24) is 15.1 Å². The van der Waals surface area contributed by atoms with E-state index >= 15 is 0 Å². The lowest BCUT2D eigenvalue weighted by Crippen LogP contribution is -2.34. The number of aromatic nitrogens is 2. The molecule has 2 aromatic heterocycles. The van der Waals surface area contributed by atoms with Gasteiger partial charge in [0.1, 0.15) is 22.7 Å². The van der Waals surface area contributed by atoms with Gasteiger partial charge in [-0.15, -0.1) is 11.3 Å². The first-order valence-corrected chi connectivity index (χ1v) is 8.91. The van der Waals surface area contributed by atoms with E-state index in [2.05, 4.69) is 10.4 Å². The third-order valence-corrected chi connectivity index (χ3v) is 4.88. The number of ether oxygens (including phenoxy) is 2. The molecule has 0 unspecified atom stereocenters. The first-order valence-electron chi connectivity index (χ1n) is 8.03. The summed E-state index contributed by atoms with van der Waals surface area (Å²) >= 11 is 1.35. The van der Waals surface area contributed by atoms with Gasteiger partial charge in [0.2, 0.25) is 5.91 Å². The van der Waals surface area contributed by atoms with E-state index in [0.29, 0.717) is 29.2 Å². The van der Waals surface area contributed by atoms with E-state index in [-0.39, 0.29) is 18.0 Å². The number of fused-ring (bicyclic) bond motifs is 1. The summed E-state index contributed by atoms with van der Waals surface area (Å²) in [5.41, 5.74) is 0.716. The fraction of sp³-hybridized carbons (Fsp3) is 0.278. The molecule has 2 heterocycles. The minimum Gasteiger partial charge on any atom is -0.497 e. The van der Waals surface area contributed by atoms with E-state index in [1.807, 2.05) is 23.6 Å². The fourth-order valence-electron chi connectivity index (χ4n) is 2.60. The Bertz CT molecular complexity index is 980. The number of carbonyl (C=O) groups excluding carboxylic acids is 1. The predicted molar refractivity (Wildman–Crippen MR) is 100 cm³/mol. The van der Waals surface area contributed by atoms with Crippen LogP contribution in [-0.2, 0) is 17.8 Å². The van der Waals surface area contributed by atoms with E-state index < -0.39 is 0 Å². The highest BCUT2D eigenvalue weighted by Gasteiger charge is 2.10. The summed E-state index contributed by atoms with van der Waals surface area (Å²) in [4.78, 5) is 24.4. The minimum absolute atomic E-state index is 0.105. The molecule has 0 aliphatic carbocycles. The van der Waals surface area contributed by atoms with Gasteiger partial charge < -0.3 is 14.8 Å². The van der Waals surface area contributed by atoms with Crippen molar-refractivity contribution >= 4 is 27.3 Å². The van der Waals surface area contributed by atoms with Crippen molar-refractivity contribution in [3.05, 3.63) is 51.8 Å². The molecule has 0 radical (unpaired) electrons. The second kappa shape index (κ2) is 8.01. The van der Waals surface area contributed by atoms with Crippen molar-refractivity contribution in [2.75, 3.05) is 20.8 Å². The summed E-state index contributed by atoms with van der Waals surface area (Å²) in [5.74, 6) is 1.16. The van der Waals surface area contributed by atoms with Gasteiger partial charge in [-0.1, -0.05) is 6.07 Å². The highest BCUT2D eigenvalue weighted by atomic mass is 32.1. The Labute approximate surface area is 154 Å². The van der Waals surface area contributed by atoms with Crippen molar-refractivity contribution in [2.24, 2.45) is 0 Å². The summed E-state index contributed by atoms with van der Waals surface area (Å²) in [6.07, 6.45) is 2.20. The van der Waals surface area contributed by atoms with Crippen molar-refractivity contribution < 1.29 is 14.3 Å². The maximum atomic E-state index is 12.3. The number of methoxy groups -OCH3 is 2. The lowest BCUT2D eigenvalue weighted by Gasteiger charge is -2.11. The summed E-state index contributed by atoms with van der Waals surface area (Å²) < 4.78 is 12.3. The van der Waals surface area contributed by atoms with Crippen LogP contribution in [-0.4, -0.2) is 36.5 Å². The topological polar surface area (TPSA) is 82.5 Å². The average Bonchev–Trinajstić information content (AvgIpc) is 3.14. The Morgan fingerprint density at radius 1 is 1.27 bits per heavy atom. The zero-order chi connectivity index (χ0) is 18.5. The van der Waals surface area contributed by atoms with Crippen LogP contribution in [0.3, 0.4) is 0 Å². The maximum Gasteiger partial charge on any atom is 0.285 e. The number of nitrogens with zero attached hydrogens (tertiary/aromatic N) is 2. The number of hydrogen-bond acceptors (Lipinski definition) is 6. The molecule has 8 heteroatoms. The molecule has 136 valence electrons. The third-order valence-electron chi connectivity index (χ3n) is 3.96. The number of rotatable bonds is 7. The van der Waals surface area contributed by atoms with Crippen molar-refractivity contribution in [3.8, 4) is 11.5 Å². The molecular formula is C18H19N3O4S. The Balaban J connectivity index is 1.59. The molecule has 0 saturated carbocycles. The summed E-state index contributed by atoms with van der Waals surface area (Å²) in [5, 5.41) is 9.48. The van der Waals surface area contributed by atoms with Gasteiger partial charge in [0.25, 0.3) is 5.56 Å². The Kier molecular flexibility index (Phi) is 5.52. The molecule has 1 N–H and O–H groups in total. The third kappa shape index (κ3) is 3.85. The van der Waals surface area contributed by atoms with Gasteiger partial charge in [0.15, 0.2) is 0 Å². The molecule has 7 nitrogen and oxygen atoms in total. The van der Waals surface area contributed by atoms with Crippen molar-refractivity contribution in [3.63, 3.8) is 0 Å². The summed E-state index contributed by atoms with van der Waals surface area (Å²) in [6, 6.07) is 7.39. The van der Waals surface area contributed by atoms with Crippen LogP contribution in [0.4, 0.5) is 0 Å². The first-order chi connectivity index (χ1) is 12.6. The fourth-order valence-corrected chi connectivity index (χ4v) is 3.41. The van der Waals surface area contributed by atoms with Crippen LogP contribution in [0.1, 0.15) is 5.56 Å². The van der Waals surface area contributed by atoms with Crippen LogP contribution in [0.2, 0.25) is 0 Å². The average molecular weight is 373 g/mol. The Morgan fingerprint density at radius 3 is 2.88 bits per heavy atom. The van der Waals surface area contributed by atoms with Gasteiger partial charge in [-0.05, 0) is 29.5 Å². The van der Waals surface area contributed by atoms with Gasteiger partial charge >= 0.3 is 0 Å². The van der Waals surface area contributed by atoms with Crippen LogP contribution < -0.4 is 20.3 Å². The molecule has 0 bridgehead atoms. The number of hydrogen-bond donors (Lipinski definition) is 1. The SMILES string of the molecule is COc1ccc(CCNC(=O)Cn2ncc3ccsc3c2=O)c(OC)c1. The molecule has 0 aliphatic rings. The number of amides is 1. The minimum atomic E-state index is -0.261. The molecular weight excluding hydrogens is 354 g/mol. The van der Waals surface area contributed by atoms with Crippen LogP contribution in [0.25, 0.3) is 10.1 Å². The lowest BCUT2D eigenvalue weighted by molar-refractivity contribution is -0.121. The predicted octanol–water partition coefficient (Wildman–Crippen LogP) is 1.83. The second-order valence-corrected chi connectivity index (χ2v) is 6.51. The zero-order valence-corrected chi connectivity index (χ0v) is 15.3. The summed E-state index contributed by atoms with van der Waals surface area (Å²) in [6.45, 7) is 0.323. The Hall–Kier alpha value is -2.87. The van der Waals surface area contributed by atoms with E-state index in [9.17, 15) is 9.59 Å². The first kappa shape index (κ1) is 17.9. The van der Waals surface area contributed by atoms with Crippen LogP contribution >= 0.6 is 11.3 Å². The molecule has 1 amide bonds. The largest absolute Gasteiger partial charge is 0.497 e. The van der Waals surface area contributed by atoms with Crippen molar-refractivity contribution in [1.29, 1.82) is 0 Å². The Morgan fingerprint density at radius 2 is 2.12 bits per heavy atom. The molecule has 3 aromatic rings.